The average Bonchev–Trinajstić information content (AvgIpc) is 3.21. The average molecular weight is 369 g/mol. The molecule has 0 spiro atoms. The van der Waals surface area contributed by atoms with E-state index in [0.29, 0.717) is 0 Å². The van der Waals surface area contributed by atoms with E-state index in [-0.39, 0.29) is 0 Å². The van der Waals surface area contributed by atoms with Gasteiger partial charge < -0.3 is 15.5 Å². The first kappa shape index (κ1) is 18.3. The summed E-state index contributed by atoms with van der Waals surface area (Å²) in [7, 11) is 1.80. The molecule has 0 fully saturated rings. The van der Waals surface area contributed by atoms with Crippen LogP contribution in [0.1, 0.15) is 11.1 Å². The Labute approximate surface area is 160 Å². The van der Waals surface area contributed by atoms with Crippen LogP contribution in [-0.4, -0.2) is 32.6 Å². The molecular formula is C21H25ClN4. The van der Waals surface area contributed by atoms with Crippen molar-refractivity contribution in [3.8, 4) is 0 Å². The Hall–Kier alpha value is -2.46. The van der Waals surface area contributed by atoms with Crippen LogP contribution in [-0.2, 0) is 13.0 Å². The van der Waals surface area contributed by atoms with E-state index in [0.717, 1.165) is 43.6 Å². The van der Waals surface area contributed by atoms with E-state index in [1.165, 1.54) is 16.8 Å². The minimum Gasteiger partial charge on any atom is -0.364 e. The first-order valence-corrected chi connectivity index (χ1v) is 9.30. The molecule has 1 aliphatic rings. The normalized spacial score (nSPS) is 13.9. The maximum atomic E-state index is 5.92. The standard InChI is InChI=1S/C21H25ClN4/c1-23-21(24-12-11-17-7-9-19(22)10-8-17)25-16-18-5-4-6-20(15-18)26-13-2-3-14-26/h2-10,15H,11-14,16H2,1H3,(H2,23,24,25). The summed E-state index contributed by atoms with van der Waals surface area (Å²) in [4.78, 5) is 6.65. The van der Waals surface area contributed by atoms with Gasteiger partial charge >= 0.3 is 0 Å². The molecule has 0 radical (unpaired) electrons. The van der Waals surface area contributed by atoms with E-state index >= 15 is 0 Å². The molecule has 3 rings (SSSR count). The van der Waals surface area contributed by atoms with E-state index in [4.69, 9.17) is 11.6 Å². The lowest BCUT2D eigenvalue weighted by molar-refractivity contribution is 0.794. The lowest BCUT2D eigenvalue weighted by Gasteiger charge is -2.19. The van der Waals surface area contributed by atoms with Crippen molar-refractivity contribution in [3.63, 3.8) is 0 Å². The molecule has 26 heavy (non-hydrogen) atoms. The Bertz CT molecular complexity index is 760. The largest absolute Gasteiger partial charge is 0.364 e. The van der Waals surface area contributed by atoms with E-state index < -0.39 is 0 Å². The molecule has 2 N–H and O–H groups in total. The number of aliphatic imine (C=N–C) groups is 1. The van der Waals surface area contributed by atoms with Crippen LogP contribution in [0.2, 0.25) is 5.02 Å². The van der Waals surface area contributed by atoms with Gasteiger partial charge in [-0.1, -0.05) is 48.0 Å². The van der Waals surface area contributed by atoms with Crippen molar-refractivity contribution in [1.82, 2.24) is 10.6 Å². The van der Waals surface area contributed by atoms with Crippen LogP contribution in [0.4, 0.5) is 5.69 Å². The molecule has 4 nitrogen and oxygen atoms in total. The third kappa shape index (κ3) is 5.27. The highest BCUT2D eigenvalue weighted by Gasteiger charge is 2.08. The van der Waals surface area contributed by atoms with Crippen molar-refractivity contribution in [3.05, 3.63) is 76.8 Å². The molecule has 0 unspecified atom stereocenters. The van der Waals surface area contributed by atoms with Crippen molar-refractivity contribution in [1.29, 1.82) is 0 Å². The SMILES string of the molecule is CN=C(NCCc1ccc(Cl)cc1)NCc1cccc(N2CC=CC2)c1. The van der Waals surface area contributed by atoms with Gasteiger partial charge in [0.25, 0.3) is 0 Å². The number of benzene rings is 2. The maximum absolute atomic E-state index is 5.92. The van der Waals surface area contributed by atoms with Crippen LogP contribution in [0.5, 0.6) is 0 Å². The Morgan fingerprint density at radius 2 is 1.81 bits per heavy atom. The Morgan fingerprint density at radius 3 is 2.54 bits per heavy atom. The molecule has 1 aliphatic heterocycles. The van der Waals surface area contributed by atoms with Gasteiger partial charge in [-0.3, -0.25) is 4.99 Å². The quantitative estimate of drug-likeness (QED) is 0.464. The first-order valence-electron chi connectivity index (χ1n) is 8.92. The fourth-order valence-corrected chi connectivity index (χ4v) is 3.06. The summed E-state index contributed by atoms with van der Waals surface area (Å²) in [6.07, 6.45) is 5.34. The third-order valence-electron chi connectivity index (χ3n) is 4.40. The third-order valence-corrected chi connectivity index (χ3v) is 4.65. The zero-order valence-electron chi connectivity index (χ0n) is 15.1. The van der Waals surface area contributed by atoms with Crippen molar-refractivity contribution >= 4 is 23.2 Å². The second-order valence-electron chi connectivity index (χ2n) is 6.28. The zero-order valence-corrected chi connectivity index (χ0v) is 15.8. The van der Waals surface area contributed by atoms with E-state index in [1.54, 1.807) is 7.05 Å². The summed E-state index contributed by atoms with van der Waals surface area (Å²) < 4.78 is 0. The second kappa shape index (κ2) is 9.30. The minimum atomic E-state index is 0.746. The number of halogens is 1. The summed E-state index contributed by atoms with van der Waals surface area (Å²) in [6.45, 7) is 3.55. The molecule has 2 aromatic rings. The van der Waals surface area contributed by atoms with Gasteiger partial charge in [0.15, 0.2) is 5.96 Å². The molecule has 0 bridgehead atoms. The zero-order chi connectivity index (χ0) is 18.2. The lowest BCUT2D eigenvalue weighted by Crippen LogP contribution is -2.37. The summed E-state index contributed by atoms with van der Waals surface area (Å²) >= 11 is 5.92. The number of hydrogen-bond donors (Lipinski definition) is 2. The van der Waals surface area contributed by atoms with Crippen LogP contribution in [0.15, 0.2) is 65.7 Å². The monoisotopic (exact) mass is 368 g/mol. The molecule has 136 valence electrons. The predicted molar refractivity (Wildman–Crippen MR) is 111 cm³/mol. The van der Waals surface area contributed by atoms with Gasteiger partial charge in [-0.25, -0.2) is 0 Å². The molecule has 2 aromatic carbocycles. The van der Waals surface area contributed by atoms with Gasteiger partial charge in [-0.2, -0.15) is 0 Å². The van der Waals surface area contributed by atoms with Crippen molar-refractivity contribution in [2.75, 3.05) is 31.6 Å². The Balaban J connectivity index is 1.46. The molecule has 0 atom stereocenters. The molecule has 0 aliphatic carbocycles. The van der Waals surface area contributed by atoms with Crippen LogP contribution >= 0.6 is 11.6 Å². The highest BCUT2D eigenvalue weighted by molar-refractivity contribution is 6.30. The number of hydrogen-bond acceptors (Lipinski definition) is 2. The van der Waals surface area contributed by atoms with E-state index in [9.17, 15) is 0 Å². The molecule has 0 amide bonds. The Kier molecular flexibility index (Phi) is 6.56. The number of anilines is 1. The van der Waals surface area contributed by atoms with Gasteiger partial charge in [-0.15, -0.1) is 0 Å². The molecular weight excluding hydrogens is 344 g/mol. The molecule has 0 saturated heterocycles. The molecule has 1 heterocycles. The van der Waals surface area contributed by atoms with Gasteiger partial charge in [0.2, 0.25) is 0 Å². The topological polar surface area (TPSA) is 39.7 Å². The van der Waals surface area contributed by atoms with Crippen LogP contribution < -0.4 is 15.5 Å². The number of rotatable bonds is 6. The predicted octanol–water partition coefficient (Wildman–Crippen LogP) is 3.62. The maximum Gasteiger partial charge on any atom is 0.191 e. The number of nitrogens with zero attached hydrogens (tertiary/aromatic N) is 2. The van der Waals surface area contributed by atoms with Gasteiger partial charge in [0.05, 0.1) is 0 Å². The summed E-state index contributed by atoms with van der Waals surface area (Å²) in [5, 5.41) is 7.51. The fraction of sp³-hybridized carbons (Fsp3) is 0.286. The smallest absolute Gasteiger partial charge is 0.191 e. The lowest BCUT2D eigenvalue weighted by atomic mass is 10.1. The second-order valence-corrected chi connectivity index (χ2v) is 6.71. The fourth-order valence-electron chi connectivity index (χ4n) is 2.93. The molecule has 0 saturated carbocycles. The number of nitrogens with one attached hydrogen (secondary N) is 2. The van der Waals surface area contributed by atoms with Crippen LogP contribution in [0.25, 0.3) is 0 Å². The molecule has 0 aromatic heterocycles. The Morgan fingerprint density at radius 1 is 1.04 bits per heavy atom. The van der Waals surface area contributed by atoms with Gasteiger partial charge in [0.1, 0.15) is 0 Å². The van der Waals surface area contributed by atoms with Crippen molar-refractivity contribution in [2.24, 2.45) is 4.99 Å². The van der Waals surface area contributed by atoms with E-state index in [1.807, 2.05) is 12.1 Å². The van der Waals surface area contributed by atoms with Gasteiger partial charge in [0, 0.05) is 43.9 Å². The van der Waals surface area contributed by atoms with Crippen LogP contribution in [0.3, 0.4) is 0 Å². The molecule has 5 heteroatoms. The van der Waals surface area contributed by atoms with Crippen molar-refractivity contribution < 1.29 is 0 Å². The summed E-state index contributed by atoms with van der Waals surface area (Å²) in [5.41, 5.74) is 3.76. The van der Waals surface area contributed by atoms with Crippen LogP contribution in [0, 0.1) is 0 Å². The summed E-state index contributed by atoms with van der Waals surface area (Å²) in [6, 6.07) is 16.6. The highest BCUT2D eigenvalue weighted by Crippen LogP contribution is 2.18. The van der Waals surface area contributed by atoms with Crippen molar-refractivity contribution in [2.45, 2.75) is 13.0 Å². The van der Waals surface area contributed by atoms with Gasteiger partial charge in [-0.05, 0) is 41.8 Å². The summed E-state index contributed by atoms with van der Waals surface area (Å²) in [5.74, 6) is 0.812. The highest BCUT2D eigenvalue weighted by atomic mass is 35.5. The first-order chi connectivity index (χ1) is 12.7. The number of guanidine groups is 1. The minimum absolute atomic E-state index is 0.746. The van der Waals surface area contributed by atoms with E-state index in [2.05, 4.69) is 69.1 Å².